The lowest BCUT2D eigenvalue weighted by Gasteiger charge is -2.15. The highest BCUT2D eigenvalue weighted by Gasteiger charge is 2.17. The predicted octanol–water partition coefficient (Wildman–Crippen LogP) is 4.28. The van der Waals surface area contributed by atoms with Crippen LogP contribution in [-0.4, -0.2) is 10.9 Å². The average Bonchev–Trinajstić information content (AvgIpc) is 2.62. The molecule has 1 amide bonds. The van der Waals surface area contributed by atoms with E-state index in [1.165, 1.54) is 0 Å². The molecule has 0 unspecified atom stereocenters. The Hall–Kier alpha value is -2.40. The summed E-state index contributed by atoms with van der Waals surface area (Å²) in [6, 6.07) is 14.4. The molecular formula is C19H15Cl2N3O. The third-order valence-corrected chi connectivity index (χ3v) is 4.63. The monoisotopic (exact) mass is 371 g/mol. The van der Waals surface area contributed by atoms with Gasteiger partial charge in [-0.1, -0.05) is 41.4 Å². The van der Waals surface area contributed by atoms with Gasteiger partial charge >= 0.3 is 0 Å². The van der Waals surface area contributed by atoms with E-state index in [-0.39, 0.29) is 17.1 Å². The molecule has 0 fully saturated rings. The SMILES string of the molecule is NCc1ccc(C(N)=O)c(Cl)c1-c1ccc(Cl)c(-c2ccccn2)c1. The van der Waals surface area contributed by atoms with Crippen LogP contribution < -0.4 is 11.5 Å². The highest BCUT2D eigenvalue weighted by molar-refractivity contribution is 6.37. The van der Waals surface area contributed by atoms with Crippen LogP contribution in [-0.2, 0) is 6.54 Å². The fourth-order valence-electron chi connectivity index (χ4n) is 2.69. The van der Waals surface area contributed by atoms with E-state index in [0.29, 0.717) is 10.6 Å². The van der Waals surface area contributed by atoms with Crippen molar-refractivity contribution in [3.05, 3.63) is 75.9 Å². The first-order chi connectivity index (χ1) is 12.0. The van der Waals surface area contributed by atoms with Crippen molar-refractivity contribution >= 4 is 29.1 Å². The Bertz CT molecular complexity index is 943. The Morgan fingerprint density at radius 1 is 1.08 bits per heavy atom. The third-order valence-electron chi connectivity index (χ3n) is 3.91. The number of carbonyl (C=O) groups excluding carboxylic acids is 1. The number of benzene rings is 2. The van der Waals surface area contributed by atoms with Crippen LogP contribution in [0, 0.1) is 0 Å². The van der Waals surface area contributed by atoms with Gasteiger partial charge in [0.15, 0.2) is 0 Å². The number of hydrogen-bond acceptors (Lipinski definition) is 3. The predicted molar refractivity (Wildman–Crippen MR) is 102 cm³/mol. The van der Waals surface area contributed by atoms with Crippen LogP contribution in [0.25, 0.3) is 22.4 Å². The fourth-order valence-corrected chi connectivity index (χ4v) is 3.29. The topological polar surface area (TPSA) is 82.0 Å². The highest BCUT2D eigenvalue weighted by atomic mass is 35.5. The van der Waals surface area contributed by atoms with Crippen molar-refractivity contribution in [2.45, 2.75) is 6.54 Å². The first-order valence-electron chi connectivity index (χ1n) is 7.55. The van der Waals surface area contributed by atoms with Crippen LogP contribution in [0.15, 0.2) is 54.7 Å². The van der Waals surface area contributed by atoms with Crippen molar-refractivity contribution in [2.75, 3.05) is 0 Å². The Morgan fingerprint density at radius 3 is 2.52 bits per heavy atom. The number of hydrogen-bond donors (Lipinski definition) is 2. The highest BCUT2D eigenvalue weighted by Crippen LogP contribution is 2.37. The minimum atomic E-state index is -0.589. The summed E-state index contributed by atoms with van der Waals surface area (Å²) in [4.78, 5) is 16.0. The molecule has 0 aliphatic carbocycles. The average molecular weight is 372 g/mol. The van der Waals surface area contributed by atoms with Crippen molar-refractivity contribution in [2.24, 2.45) is 11.5 Å². The van der Waals surface area contributed by atoms with E-state index in [9.17, 15) is 4.79 Å². The van der Waals surface area contributed by atoms with Gasteiger partial charge in [0.25, 0.3) is 0 Å². The summed E-state index contributed by atoms with van der Waals surface area (Å²) < 4.78 is 0. The molecule has 4 nitrogen and oxygen atoms in total. The van der Waals surface area contributed by atoms with Gasteiger partial charge in [-0.2, -0.15) is 0 Å². The van der Waals surface area contributed by atoms with Crippen LogP contribution in [0.3, 0.4) is 0 Å². The zero-order chi connectivity index (χ0) is 18.0. The zero-order valence-corrected chi connectivity index (χ0v) is 14.7. The molecule has 126 valence electrons. The number of amides is 1. The van der Waals surface area contributed by atoms with Crippen LogP contribution in [0.5, 0.6) is 0 Å². The second-order valence-electron chi connectivity index (χ2n) is 5.44. The Morgan fingerprint density at radius 2 is 1.88 bits per heavy atom. The van der Waals surface area contributed by atoms with Crippen LogP contribution in [0.1, 0.15) is 15.9 Å². The Kier molecular flexibility index (Phi) is 5.04. The molecule has 0 radical (unpaired) electrons. The molecule has 1 heterocycles. The quantitative estimate of drug-likeness (QED) is 0.717. The molecule has 0 spiro atoms. The van der Waals surface area contributed by atoms with E-state index in [1.807, 2.05) is 30.3 Å². The number of nitrogens with zero attached hydrogens (tertiary/aromatic N) is 1. The summed E-state index contributed by atoms with van der Waals surface area (Å²) in [5.41, 5.74) is 15.3. The second-order valence-corrected chi connectivity index (χ2v) is 6.22. The first-order valence-corrected chi connectivity index (χ1v) is 8.31. The van der Waals surface area contributed by atoms with Gasteiger partial charge in [0, 0.05) is 28.9 Å². The molecule has 3 rings (SSSR count). The van der Waals surface area contributed by atoms with E-state index in [1.54, 1.807) is 24.4 Å². The molecule has 25 heavy (non-hydrogen) atoms. The van der Waals surface area contributed by atoms with Gasteiger partial charge in [-0.15, -0.1) is 0 Å². The summed E-state index contributed by atoms with van der Waals surface area (Å²) in [7, 11) is 0. The molecule has 0 saturated heterocycles. The summed E-state index contributed by atoms with van der Waals surface area (Å²) >= 11 is 12.8. The molecule has 0 aliphatic rings. The van der Waals surface area contributed by atoms with Gasteiger partial charge < -0.3 is 11.5 Å². The maximum Gasteiger partial charge on any atom is 0.250 e. The van der Waals surface area contributed by atoms with Gasteiger partial charge in [-0.25, -0.2) is 0 Å². The normalized spacial score (nSPS) is 10.7. The fraction of sp³-hybridized carbons (Fsp3) is 0.0526. The maximum absolute atomic E-state index is 11.6. The standard InChI is InChI=1S/C19H15Cl2N3O/c20-15-7-5-11(9-14(15)16-3-1-2-8-24-16)17-12(10-22)4-6-13(18(17)21)19(23)25/h1-9H,10,22H2,(H2,23,25). The molecule has 4 N–H and O–H groups in total. The molecule has 1 aromatic heterocycles. The molecule has 3 aromatic rings. The van der Waals surface area contributed by atoms with E-state index in [0.717, 1.165) is 22.4 Å². The van der Waals surface area contributed by atoms with E-state index < -0.39 is 5.91 Å². The first kappa shape index (κ1) is 17.4. The lowest BCUT2D eigenvalue weighted by atomic mass is 9.95. The van der Waals surface area contributed by atoms with Crippen molar-refractivity contribution in [1.29, 1.82) is 0 Å². The van der Waals surface area contributed by atoms with Crippen molar-refractivity contribution in [1.82, 2.24) is 4.98 Å². The minimum absolute atomic E-state index is 0.253. The van der Waals surface area contributed by atoms with Crippen molar-refractivity contribution in [3.8, 4) is 22.4 Å². The molecule has 0 atom stereocenters. The third kappa shape index (κ3) is 3.37. The molecule has 2 aromatic carbocycles. The van der Waals surface area contributed by atoms with Gasteiger partial charge in [-0.05, 0) is 41.5 Å². The largest absolute Gasteiger partial charge is 0.366 e. The summed E-state index contributed by atoms with van der Waals surface area (Å²) in [6.45, 7) is 0.273. The summed E-state index contributed by atoms with van der Waals surface area (Å²) in [6.07, 6.45) is 1.70. The summed E-state index contributed by atoms with van der Waals surface area (Å²) in [5.74, 6) is -0.589. The van der Waals surface area contributed by atoms with Gasteiger partial charge in [0.2, 0.25) is 5.91 Å². The number of rotatable bonds is 4. The lowest BCUT2D eigenvalue weighted by molar-refractivity contribution is 0.100. The lowest BCUT2D eigenvalue weighted by Crippen LogP contribution is -2.13. The molecule has 0 bridgehead atoms. The van der Waals surface area contributed by atoms with Crippen molar-refractivity contribution < 1.29 is 4.79 Å². The van der Waals surface area contributed by atoms with E-state index in [4.69, 9.17) is 34.7 Å². The maximum atomic E-state index is 11.6. The molecule has 0 aliphatic heterocycles. The Balaban J connectivity index is 2.24. The number of primary amides is 1. The number of carbonyl (C=O) groups is 1. The Labute approximate surface area is 155 Å². The smallest absolute Gasteiger partial charge is 0.250 e. The van der Waals surface area contributed by atoms with Gasteiger partial charge in [-0.3, -0.25) is 9.78 Å². The zero-order valence-electron chi connectivity index (χ0n) is 13.2. The van der Waals surface area contributed by atoms with Gasteiger partial charge in [0.05, 0.1) is 16.3 Å². The van der Waals surface area contributed by atoms with Crippen LogP contribution >= 0.6 is 23.2 Å². The van der Waals surface area contributed by atoms with Crippen molar-refractivity contribution in [3.63, 3.8) is 0 Å². The summed E-state index contributed by atoms with van der Waals surface area (Å²) in [5, 5.41) is 0.851. The second kappa shape index (κ2) is 7.23. The number of pyridine rings is 1. The van der Waals surface area contributed by atoms with Crippen LogP contribution in [0.4, 0.5) is 0 Å². The number of halogens is 2. The van der Waals surface area contributed by atoms with E-state index >= 15 is 0 Å². The minimum Gasteiger partial charge on any atom is -0.366 e. The number of aromatic nitrogens is 1. The molecule has 6 heteroatoms. The molecule has 0 saturated carbocycles. The number of nitrogens with two attached hydrogens (primary N) is 2. The van der Waals surface area contributed by atoms with Crippen LogP contribution in [0.2, 0.25) is 10.0 Å². The molecular weight excluding hydrogens is 357 g/mol. The van der Waals surface area contributed by atoms with E-state index in [2.05, 4.69) is 4.98 Å². The van der Waals surface area contributed by atoms with Gasteiger partial charge in [0.1, 0.15) is 0 Å².